The molecule has 0 radical (unpaired) electrons. The zero-order valence-electron chi connectivity index (χ0n) is 9.42. The minimum atomic E-state index is -0.0408. The summed E-state index contributed by atoms with van der Waals surface area (Å²) in [7, 11) is 1.50. The topological polar surface area (TPSA) is 108 Å². The first-order chi connectivity index (χ1) is 8.13. The van der Waals surface area contributed by atoms with Crippen LogP contribution in [0, 0.1) is 0 Å². The van der Waals surface area contributed by atoms with E-state index in [1.165, 1.54) is 7.11 Å². The van der Waals surface area contributed by atoms with Crippen molar-refractivity contribution in [3.8, 4) is 11.5 Å². The second-order valence-corrected chi connectivity index (χ2v) is 3.12. The van der Waals surface area contributed by atoms with Crippen molar-refractivity contribution < 1.29 is 14.9 Å². The molecule has 17 heavy (non-hydrogen) atoms. The van der Waals surface area contributed by atoms with Crippen LogP contribution in [0.4, 0.5) is 0 Å². The number of phenolic OH excluding ortho intramolecular Hbond substituents is 1. The molecule has 0 aromatic heterocycles. The van der Waals surface area contributed by atoms with Crippen LogP contribution in [0.3, 0.4) is 0 Å². The predicted molar refractivity (Wildman–Crippen MR) is 66.5 cm³/mol. The van der Waals surface area contributed by atoms with Gasteiger partial charge in [-0.1, -0.05) is 6.07 Å². The average Bonchev–Trinajstić information content (AvgIpc) is 2.30. The average molecular weight is 235 g/mol. The molecule has 0 atom stereocenters. The number of hydrogen-bond donors (Lipinski definition) is 4. The lowest BCUT2D eigenvalue weighted by molar-refractivity contribution is -0.456. The fourth-order valence-corrected chi connectivity index (χ4v) is 1.11. The lowest BCUT2D eigenvalue weighted by Crippen LogP contribution is -2.63. The summed E-state index contributed by atoms with van der Waals surface area (Å²) in [6.45, 7) is 0. The predicted octanol–water partition coefficient (Wildman–Crippen LogP) is -1.25. The summed E-state index contributed by atoms with van der Waals surface area (Å²) in [4.78, 5) is 0. The molecular weight excluding hydrogens is 220 g/mol. The molecular formula is C11H15N4O2+. The number of nitrogens with two attached hydrogens (primary N) is 2. The highest BCUT2D eigenvalue weighted by molar-refractivity contribution is 5.76. The van der Waals surface area contributed by atoms with E-state index in [1.807, 2.05) is 0 Å². The van der Waals surface area contributed by atoms with Crippen molar-refractivity contribution in [2.75, 3.05) is 7.11 Å². The molecule has 0 amide bonds. The molecule has 0 aliphatic carbocycles. The number of ether oxygens (including phenoxy) is 1. The first kappa shape index (κ1) is 12.6. The van der Waals surface area contributed by atoms with Crippen LogP contribution in [-0.4, -0.2) is 24.4 Å². The number of hydrazone groups is 1. The molecule has 0 saturated heterocycles. The Bertz CT molecular complexity index is 463. The van der Waals surface area contributed by atoms with E-state index in [4.69, 9.17) is 16.2 Å². The highest BCUT2D eigenvalue weighted by Crippen LogP contribution is 2.26. The molecule has 0 unspecified atom stereocenters. The van der Waals surface area contributed by atoms with Crippen molar-refractivity contribution in [1.82, 2.24) is 0 Å². The van der Waals surface area contributed by atoms with Crippen LogP contribution in [0.2, 0.25) is 0 Å². The van der Waals surface area contributed by atoms with Gasteiger partial charge in [0.05, 0.1) is 7.11 Å². The van der Waals surface area contributed by atoms with E-state index in [-0.39, 0.29) is 11.7 Å². The summed E-state index contributed by atoms with van der Waals surface area (Å²) in [5.74, 6) is 0.484. The van der Waals surface area contributed by atoms with Crippen LogP contribution in [0.1, 0.15) is 5.56 Å². The van der Waals surface area contributed by atoms with Gasteiger partial charge in [-0.15, -0.1) is 5.10 Å². The largest absolute Gasteiger partial charge is 0.504 e. The Kier molecular flexibility index (Phi) is 4.56. The quantitative estimate of drug-likeness (QED) is 0.297. The number of nitrogens with one attached hydrogen (secondary N) is 1. The maximum absolute atomic E-state index is 9.39. The number of guanidine groups is 1. The molecule has 1 rings (SSSR count). The molecule has 0 heterocycles. The molecule has 6 heteroatoms. The van der Waals surface area contributed by atoms with Crippen LogP contribution in [-0.2, 0) is 0 Å². The van der Waals surface area contributed by atoms with E-state index in [0.717, 1.165) is 5.56 Å². The van der Waals surface area contributed by atoms with Gasteiger partial charge in [0.1, 0.15) is 0 Å². The maximum Gasteiger partial charge on any atom is 0.256 e. The van der Waals surface area contributed by atoms with E-state index in [9.17, 15) is 5.11 Å². The number of methoxy groups -OCH3 is 1. The van der Waals surface area contributed by atoms with Gasteiger partial charge in [0.2, 0.25) is 0 Å². The molecule has 0 aliphatic heterocycles. The number of aromatic hydroxyl groups is 1. The number of nitrogens with zero attached hydrogens (tertiary/aromatic N) is 1. The van der Waals surface area contributed by atoms with Crippen LogP contribution in [0.5, 0.6) is 11.5 Å². The number of benzene rings is 1. The van der Waals surface area contributed by atoms with Crippen LogP contribution < -0.4 is 21.3 Å². The molecule has 1 aromatic rings. The highest BCUT2D eigenvalue weighted by Gasteiger charge is 1.99. The Hall–Kier alpha value is -2.50. The van der Waals surface area contributed by atoms with Crippen LogP contribution in [0.15, 0.2) is 29.4 Å². The third kappa shape index (κ3) is 4.25. The van der Waals surface area contributed by atoms with Crippen LogP contribution >= 0.6 is 0 Å². The van der Waals surface area contributed by atoms with Gasteiger partial charge in [-0.05, 0) is 23.8 Å². The third-order valence-corrected chi connectivity index (χ3v) is 1.86. The number of rotatable bonds is 4. The SMILES string of the molecule is COc1cc(C=CC=[NH+]N=C(N)N)ccc1O. The van der Waals surface area contributed by atoms with E-state index in [1.54, 1.807) is 36.6 Å². The number of allylic oxidation sites excluding steroid dienone is 1. The van der Waals surface area contributed by atoms with Gasteiger partial charge in [0.25, 0.3) is 5.96 Å². The monoisotopic (exact) mass is 235 g/mol. The standard InChI is InChI=1S/C11H14N4O2/c1-17-10-7-8(4-5-9(10)16)3-2-6-14-15-11(12)13/h2-7,16H,1H3,(H4,12,13,15)/p+1. The molecule has 0 fully saturated rings. The Balaban J connectivity index is 2.72. The lowest BCUT2D eigenvalue weighted by atomic mass is 10.2. The molecule has 0 spiro atoms. The summed E-state index contributed by atoms with van der Waals surface area (Å²) in [6, 6.07) is 5.02. The number of phenols is 1. The Morgan fingerprint density at radius 3 is 2.88 bits per heavy atom. The zero-order valence-corrected chi connectivity index (χ0v) is 9.42. The van der Waals surface area contributed by atoms with E-state index < -0.39 is 0 Å². The van der Waals surface area contributed by atoms with Gasteiger partial charge >= 0.3 is 0 Å². The Morgan fingerprint density at radius 1 is 1.47 bits per heavy atom. The van der Waals surface area contributed by atoms with E-state index in [0.29, 0.717) is 5.75 Å². The van der Waals surface area contributed by atoms with Gasteiger partial charge < -0.3 is 21.3 Å². The van der Waals surface area contributed by atoms with E-state index >= 15 is 0 Å². The van der Waals surface area contributed by atoms with Crippen molar-refractivity contribution in [3.63, 3.8) is 0 Å². The number of hydrogen-bond acceptors (Lipinski definition) is 3. The fourth-order valence-electron chi connectivity index (χ4n) is 1.11. The highest BCUT2D eigenvalue weighted by atomic mass is 16.5. The second-order valence-electron chi connectivity index (χ2n) is 3.12. The first-order valence-corrected chi connectivity index (χ1v) is 4.84. The minimum Gasteiger partial charge on any atom is -0.504 e. The molecule has 90 valence electrons. The van der Waals surface area contributed by atoms with Gasteiger partial charge in [0.15, 0.2) is 17.7 Å². The summed E-state index contributed by atoms with van der Waals surface area (Å²) in [5.41, 5.74) is 11.1. The second kappa shape index (κ2) is 6.16. The molecule has 1 aromatic carbocycles. The summed E-state index contributed by atoms with van der Waals surface area (Å²) in [5, 5.41) is 15.5. The third-order valence-electron chi connectivity index (χ3n) is 1.86. The summed E-state index contributed by atoms with van der Waals surface area (Å²) >= 11 is 0. The van der Waals surface area contributed by atoms with Crippen molar-refractivity contribution >= 4 is 18.3 Å². The summed E-state index contributed by atoms with van der Waals surface area (Å²) < 4.78 is 4.98. The maximum atomic E-state index is 9.39. The molecule has 0 saturated carbocycles. The molecule has 0 aliphatic rings. The van der Waals surface area contributed by atoms with E-state index in [2.05, 4.69) is 10.2 Å². The van der Waals surface area contributed by atoms with Crippen molar-refractivity contribution in [2.45, 2.75) is 0 Å². The summed E-state index contributed by atoms with van der Waals surface area (Å²) in [6.07, 6.45) is 5.09. The zero-order chi connectivity index (χ0) is 12.7. The molecule has 0 bridgehead atoms. The van der Waals surface area contributed by atoms with Gasteiger partial charge in [-0.3, -0.25) is 0 Å². The van der Waals surface area contributed by atoms with Gasteiger partial charge in [0, 0.05) is 11.2 Å². The van der Waals surface area contributed by atoms with Crippen LogP contribution in [0.25, 0.3) is 6.08 Å². The van der Waals surface area contributed by atoms with Crippen molar-refractivity contribution in [2.24, 2.45) is 16.6 Å². The Labute approximate surface area is 98.9 Å². The normalized spacial score (nSPS) is 10.9. The Morgan fingerprint density at radius 2 is 2.24 bits per heavy atom. The lowest BCUT2D eigenvalue weighted by Gasteiger charge is -2.02. The smallest absolute Gasteiger partial charge is 0.256 e. The van der Waals surface area contributed by atoms with Gasteiger partial charge in [-0.2, -0.15) is 0 Å². The minimum absolute atomic E-state index is 0.0408. The molecule has 6 N–H and O–H groups in total. The van der Waals surface area contributed by atoms with Gasteiger partial charge in [-0.25, -0.2) is 0 Å². The first-order valence-electron chi connectivity index (χ1n) is 4.84. The van der Waals surface area contributed by atoms with Crippen molar-refractivity contribution in [1.29, 1.82) is 0 Å². The van der Waals surface area contributed by atoms with Crippen molar-refractivity contribution in [3.05, 3.63) is 29.8 Å². The fraction of sp³-hybridized carbons (Fsp3) is 0.0909. The molecule has 6 nitrogen and oxygen atoms in total.